The lowest BCUT2D eigenvalue weighted by molar-refractivity contribution is 0.103. The SMILES string of the molecule is Cc1cc(F)c(C(=O)c2cc(F)c(F)cc2N)cc1F. The van der Waals surface area contributed by atoms with Crippen molar-refractivity contribution in [3.63, 3.8) is 0 Å². The summed E-state index contributed by atoms with van der Waals surface area (Å²) in [7, 11) is 0. The molecule has 0 spiro atoms. The number of carbonyl (C=O) groups excluding carboxylic acids is 1. The zero-order chi connectivity index (χ0) is 15.0. The van der Waals surface area contributed by atoms with Crippen LogP contribution in [0.25, 0.3) is 0 Å². The fourth-order valence-corrected chi connectivity index (χ4v) is 1.72. The highest BCUT2D eigenvalue weighted by Crippen LogP contribution is 2.23. The molecule has 0 fully saturated rings. The van der Waals surface area contributed by atoms with Crippen LogP contribution in [0.2, 0.25) is 0 Å². The zero-order valence-corrected chi connectivity index (χ0v) is 10.3. The number of hydrogen-bond acceptors (Lipinski definition) is 2. The van der Waals surface area contributed by atoms with E-state index in [-0.39, 0.29) is 11.3 Å². The van der Waals surface area contributed by atoms with Crippen molar-refractivity contribution in [1.82, 2.24) is 0 Å². The molecule has 2 aromatic rings. The Hall–Kier alpha value is -2.37. The Morgan fingerprint density at radius 3 is 2.05 bits per heavy atom. The Balaban J connectivity index is 2.57. The van der Waals surface area contributed by atoms with Crippen LogP contribution < -0.4 is 5.73 Å². The standard InChI is InChI=1S/C14H9F4NO/c1-6-2-10(16)7(3-9(6)15)14(20)8-4-11(17)12(18)5-13(8)19/h2-5H,19H2,1H3. The van der Waals surface area contributed by atoms with Crippen molar-refractivity contribution >= 4 is 11.5 Å². The quantitative estimate of drug-likeness (QED) is 0.521. The van der Waals surface area contributed by atoms with E-state index in [1.54, 1.807) is 0 Å². The Labute approximate surface area is 111 Å². The first-order valence-electron chi connectivity index (χ1n) is 5.56. The highest BCUT2D eigenvalue weighted by molar-refractivity contribution is 6.12. The Morgan fingerprint density at radius 2 is 1.40 bits per heavy atom. The minimum absolute atomic E-state index is 0.0253. The van der Waals surface area contributed by atoms with Gasteiger partial charge in [0.25, 0.3) is 0 Å². The van der Waals surface area contributed by atoms with Crippen molar-refractivity contribution in [3.8, 4) is 0 Å². The van der Waals surface area contributed by atoms with Crippen LogP contribution in [0.5, 0.6) is 0 Å². The van der Waals surface area contributed by atoms with Crippen molar-refractivity contribution in [2.24, 2.45) is 0 Å². The number of ketones is 1. The minimum atomic E-state index is -1.30. The van der Waals surface area contributed by atoms with Gasteiger partial charge < -0.3 is 5.73 Å². The van der Waals surface area contributed by atoms with Crippen LogP contribution in [-0.2, 0) is 0 Å². The summed E-state index contributed by atoms with van der Waals surface area (Å²) in [6, 6.07) is 2.72. The van der Waals surface area contributed by atoms with E-state index in [0.29, 0.717) is 18.2 Å². The van der Waals surface area contributed by atoms with Gasteiger partial charge in [-0.05, 0) is 30.7 Å². The Bertz CT molecular complexity index is 653. The molecule has 0 radical (unpaired) electrons. The number of nitrogens with two attached hydrogens (primary N) is 1. The zero-order valence-electron chi connectivity index (χ0n) is 10.3. The Morgan fingerprint density at radius 1 is 0.850 bits per heavy atom. The van der Waals surface area contributed by atoms with Crippen LogP contribution in [0.1, 0.15) is 21.5 Å². The van der Waals surface area contributed by atoms with Gasteiger partial charge in [-0.15, -0.1) is 0 Å². The average Bonchev–Trinajstić information content (AvgIpc) is 2.37. The van der Waals surface area contributed by atoms with E-state index >= 15 is 0 Å². The molecular weight excluding hydrogens is 274 g/mol. The second-order valence-corrected chi connectivity index (χ2v) is 4.26. The number of rotatable bonds is 2. The number of nitrogen functional groups attached to an aromatic ring is 1. The third kappa shape index (κ3) is 2.36. The van der Waals surface area contributed by atoms with E-state index < -0.39 is 40.2 Å². The molecule has 0 aliphatic heterocycles. The largest absolute Gasteiger partial charge is 0.398 e. The lowest BCUT2D eigenvalue weighted by atomic mass is 9.99. The fraction of sp³-hybridized carbons (Fsp3) is 0.0714. The number of hydrogen-bond donors (Lipinski definition) is 1. The normalized spacial score (nSPS) is 10.7. The van der Waals surface area contributed by atoms with Gasteiger partial charge >= 0.3 is 0 Å². The second-order valence-electron chi connectivity index (χ2n) is 4.26. The third-order valence-electron chi connectivity index (χ3n) is 2.83. The van der Waals surface area contributed by atoms with Gasteiger partial charge in [-0.2, -0.15) is 0 Å². The maximum absolute atomic E-state index is 13.7. The van der Waals surface area contributed by atoms with Crippen LogP contribution in [0, 0.1) is 30.2 Å². The summed E-state index contributed by atoms with van der Waals surface area (Å²) in [5.74, 6) is -5.28. The van der Waals surface area contributed by atoms with Gasteiger partial charge in [-0.1, -0.05) is 0 Å². The molecule has 2 rings (SSSR count). The molecule has 0 bridgehead atoms. The van der Waals surface area contributed by atoms with Crippen LogP contribution in [0.3, 0.4) is 0 Å². The van der Waals surface area contributed by atoms with Gasteiger partial charge in [0, 0.05) is 17.3 Å². The van der Waals surface area contributed by atoms with Crippen molar-refractivity contribution < 1.29 is 22.4 Å². The topological polar surface area (TPSA) is 43.1 Å². The molecule has 0 saturated carbocycles. The summed E-state index contributed by atoms with van der Waals surface area (Å²) in [5, 5.41) is 0. The maximum atomic E-state index is 13.7. The highest BCUT2D eigenvalue weighted by Gasteiger charge is 2.20. The van der Waals surface area contributed by atoms with E-state index in [0.717, 1.165) is 6.07 Å². The van der Waals surface area contributed by atoms with Gasteiger partial charge in [0.15, 0.2) is 17.4 Å². The smallest absolute Gasteiger partial charge is 0.198 e. The molecule has 2 nitrogen and oxygen atoms in total. The van der Waals surface area contributed by atoms with E-state index in [2.05, 4.69) is 0 Å². The molecule has 0 atom stereocenters. The molecule has 0 heterocycles. The number of carbonyl (C=O) groups is 1. The molecular formula is C14H9F4NO. The highest BCUT2D eigenvalue weighted by atomic mass is 19.2. The molecule has 0 unspecified atom stereocenters. The van der Waals surface area contributed by atoms with Crippen molar-refractivity contribution in [3.05, 3.63) is 64.2 Å². The molecule has 0 saturated heterocycles. The summed E-state index contributed by atoms with van der Waals surface area (Å²) in [5.41, 5.74) is 4.06. The minimum Gasteiger partial charge on any atom is -0.398 e. The van der Waals surface area contributed by atoms with E-state index in [1.807, 2.05) is 0 Å². The summed E-state index contributed by atoms with van der Waals surface area (Å²) in [4.78, 5) is 12.0. The van der Waals surface area contributed by atoms with Crippen LogP contribution >= 0.6 is 0 Å². The predicted octanol–water partition coefficient (Wildman–Crippen LogP) is 3.36. The van der Waals surface area contributed by atoms with Gasteiger partial charge in [0.05, 0.1) is 5.56 Å². The van der Waals surface area contributed by atoms with Crippen LogP contribution in [-0.4, -0.2) is 5.78 Å². The lowest BCUT2D eigenvalue weighted by Gasteiger charge is -2.08. The van der Waals surface area contributed by atoms with Crippen LogP contribution in [0.4, 0.5) is 23.2 Å². The third-order valence-corrected chi connectivity index (χ3v) is 2.83. The van der Waals surface area contributed by atoms with Crippen molar-refractivity contribution in [1.29, 1.82) is 0 Å². The number of aryl methyl sites for hydroxylation is 1. The molecule has 20 heavy (non-hydrogen) atoms. The van der Waals surface area contributed by atoms with E-state index in [9.17, 15) is 22.4 Å². The average molecular weight is 283 g/mol. The first-order valence-corrected chi connectivity index (χ1v) is 5.56. The van der Waals surface area contributed by atoms with Crippen molar-refractivity contribution in [2.75, 3.05) is 5.73 Å². The number of benzene rings is 2. The second kappa shape index (κ2) is 4.96. The summed E-state index contributed by atoms with van der Waals surface area (Å²) in [6.07, 6.45) is 0. The first-order chi connectivity index (χ1) is 9.31. The van der Waals surface area contributed by atoms with Gasteiger partial charge in [-0.3, -0.25) is 4.79 Å². The fourth-order valence-electron chi connectivity index (χ4n) is 1.72. The monoisotopic (exact) mass is 283 g/mol. The van der Waals surface area contributed by atoms with Gasteiger partial charge in [0.1, 0.15) is 11.6 Å². The molecule has 0 aromatic heterocycles. The van der Waals surface area contributed by atoms with Crippen LogP contribution in [0.15, 0.2) is 24.3 Å². The number of anilines is 1. The molecule has 0 aliphatic carbocycles. The summed E-state index contributed by atoms with van der Waals surface area (Å²) >= 11 is 0. The van der Waals surface area contributed by atoms with Gasteiger partial charge in [-0.25, -0.2) is 17.6 Å². The first kappa shape index (κ1) is 14.0. The molecule has 6 heteroatoms. The number of halogens is 4. The molecule has 2 aromatic carbocycles. The summed E-state index contributed by atoms with van der Waals surface area (Å²) < 4.78 is 53.1. The Kier molecular flexibility index (Phi) is 3.48. The van der Waals surface area contributed by atoms with Crippen molar-refractivity contribution in [2.45, 2.75) is 6.92 Å². The molecule has 2 N–H and O–H groups in total. The van der Waals surface area contributed by atoms with E-state index in [4.69, 9.17) is 5.73 Å². The maximum Gasteiger partial charge on any atom is 0.198 e. The summed E-state index contributed by atoms with van der Waals surface area (Å²) in [6.45, 7) is 1.33. The van der Waals surface area contributed by atoms with E-state index in [1.165, 1.54) is 6.92 Å². The predicted molar refractivity (Wildman–Crippen MR) is 65.3 cm³/mol. The molecule has 104 valence electrons. The van der Waals surface area contributed by atoms with Gasteiger partial charge in [0.2, 0.25) is 0 Å². The lowest BCUT2D eigenvalue weighted by Crippen LogP contribution is -2.10. The molecule has 0 amide bonds. The molecule has 0 aliphatic rings.